The summed E-state index contributed by atoms with van der Waals surface area (Å²) in [5.41, 5.74) is 3.37. The molecule has 2 aromatic rings. The van der Waals surface area contributed by atoms with E-state index < -0.39 is 0 Å². The quantitative estimate of drug-likeness (QED) is 0.469. The normalized spacial score (nSPS) is 18.0. The van der Waals surface area contributed by atoms with Crippen LogP contribution in [0.25, 0.3) is 6.08 Å². The highest BCUT2D eigenvalue weighted by Crippen LogP contribution is 2.32. The van der Waals surface area contributed by atoms with Crippen molar-refractivity contribution in [1.82, 2.24) is 9.80 Å². The van der Waals surface area contributed by atoms with E-state index in [0.717, 1.165) is 31.7 Å². The molecule has 0 bridgehead atoms. The SMILES string of the molecule is Cc1ccc(/C=C2\SC(=S)N(CCCC(=O)N3CCN(c4ccccc4)CC3)C2=O)cc1. The molecule has 0 N–H and O–H groups in total. The van der Waals surface area contributed by atoms with Crippen molar-refractivity contribution in [3.8, 4) is 0 Å². The van der Waals surface area contributed by atoms with Crippen LogP contribution in [0, 0.1) is 6.92 Å². The second-order valence-electron chi connectivity index (χ2n) is 8.05. The van der Waals surface area contributed by atoms with Crippen molar-refractivity contribution in [2.75, 3.05) is 37.6 Å². The Kier molecular flexibility index (Phi) is 7.27. The van der Waals surface area contributed by atoms with E-state index in [1.54, 1.807) is 4.90 Å². The molecule has 0 unspecified atom stereocenters. The zero-order valence-electron chi connectivity index (χ0n) is 18.2. The monoisotopic (exact) mass is 465 g/mol. The molecule has 0 aromatic heterocycles. The number of para-hydroxylation sites is 1. The first-order valence-electron chi connectivity index (χ1n) is 10.9. The third-order valence-corrected chi connectivity index (χ3v) is 7.15. The van der Waals surface area contributed by atoms with Crippen LogP contribution in [0.3, 0.4) is 0 Å². The number of hydrogen-bond donors (Lipinski definition) is 0. The fraction of sp³-hybridized carbons (Fsp3) is 0.320. The topological polar surface area (TPSA) is 43.9 Å². The highest BCUT2D eigenvalue weighted by molar-refractivity contribution is 8.26. The number of thiocarbonyl (C=S) groups is 1. The Morgan fingerprint density at radius 1 is 1.03 bits per heavy atom. The van der Waals surface area contributed by atoms with Crippen molar-refractivity contribution >= 4 is 51.9 Å². The fourth-order valence-corrected chi connectivity index (χ4v) is 5.21. The lowest BCUT2D eigenvalue weighted by molar-refractivity contribution is -0.132. The maximum Gasteiger partial charge on any atom is 0.266 e. The van der Waals surface area contributed by atoms with Crippen molar-refractivity contribution in [2.45, 2.75) is 19.8 Å². The number of amides is 2. The number of anilines is 1. The van der Waals surface area contributed by atoms with Crippen molar-refractivity contribution in [3.05, 3.63) is 70.6 Å². The first-order chi connectivity index (χ1) is 15.5. The van der Waals surface area contributed by atoms with Gasteiger partial charge in [0.05, 0.1) is 4.91 Å². The molecule has 2 saturated heterocycles. The van der Waals surface area contributed by atoms with Gasteiger partial charge in [0, 0.05) is 44.8 Å². The third-order valence-electron chi connectivity index (χ3n) is 5.77. The molecule has 2 amide bonds. The molecule has 2 aliphatic rings. The molecule has 0 atom stereocenters. The number of thioether (sulfide) groups is 1. The standard InChI is InChI=1S/C25H27N3O2S2/c1-19-9-11-20(12-10-19)18-22-24(30)28(25(31)32-22)13-5-8-23(29)27-16-14-26(15-17-27)21-6-3-2-4-7-21/h2-4,6-7,9-12,18H,5,8,13-17H2,1H3/b22-18-. The number of benzene rings is 2. The molecule has 7 heteroatoms. The minimum atomic E-state index is -0.0653. The molecular formula is C25H27N3O2S2. The van der Waals surface area contributed by atoms with Crippen LogP contribution in [-0.2, 0) is 9.59 Å². The van der Waals surface area contributed by atoms with Gasteiger partial charge in [-0.2, -0.15) is 0 Å². The Bertz CT molecular complexity index is 1010. The summed E-state index contributed by atoms with van der Waals surface area (Å²) in [5, 5.41) is 0. The molecule has 0 aliphatic carbocycles. The van der Waals surface area contributed by atoms with Gasteiger partial charge >= 0.3 is 0 Å². The number of carbonyl (C=O) groups is 2. The van der Waals surface area contributed by atoms with Gasteiger partial charge in [-0.25, -0.2) is 0 Å². The van der Waals surface area contributed by atoms with Gasteiger partial charge in [0.1, 0.15) is 4.32 Å². The Hall–Kier alpha value is -2.64. The Labute approximate surface area is 199 Å². The summed E-state index contributed by atoms with van der Waals surface area (Å²) >= 11 is 6.76. The van der Waals surface area contributed by atoms with Gasteiger partial charge in [-0.3, -0.25) is 14.5 Å². The Balaban J connectivity index is 1.24. The van der Waals surface area contributed by atoms with E-state index in [1.807, 2.05) is 60.4 Å². The van der Waals surface area contributed by atoms with Gasteiger partial charge in [-0.05, 0) is 37.1 Å². The van der Waals surface area contributed by atoms with Crippen LogP contribution >= 0.6 is 24.0 Å². The van der Waals surface area contributed by atoms with Crippen LogP contribution in [0.5, 0.6) is 0 Å². The maximum atomic E-state index is 12.8. The third kappa shape index (κ3) is 5.40. The smallest absolute Gasteiger partial charge is 0.266 e. The minimum absolute atomic E-state index is 0.0653. The summed E-state index contributed by atoms with van der Waals surface area (Å²) in [7, 11) is 0. The Morgan fingerprint density at radius 2 is 1.72 bits per heavy atom. The number of nitrogens with zero attached hydrogens (tertiary/aromatic N) is 3. The van der Waals surface area contributed by atoms with E-state index in [0.29, 0.717) is 28.6 Å². The fourth-order valence-electron chi connectivity index (χ4n) is 3.91. The van der Waals surface area contributed by atoms with E-state index in [-0.39, 0.29) is 11.8 Å². The number of piperazine rings is 1. The first kappa shape index (κ1) is 22.6. The average molecular weight is 466 g/mol. The van der Waals surface area contributed by atoms with E-state index in [2.05, 4.69) is 17.0 Å². The predicted molar refractivity (Wildman–Crippen MR) is 136 cm³/mol. The largest absolute Gasteiger partial charge is 0.368 e. The lowest BCUT2D eigenvalue weighted by Crippen LogP contribution is -2.48. The summed E-state index contributed by atoms with van der Waals surface area (Å²) in [6.07, 6.45) is 2.93. The maximum absolute atomic E-state index is 12.8. The lowest BCUT2D eigenvalue weighted by Gasteiger charge is -2.36. The van der Waals surface area contributed by atoms with Gasteiger partial charge in [0.2, 0.25) is 5.91 Å². The molecule has 0 spiro atoms. The highest BCUT2D eigenvalue weighted by Gasteiger charge is 2.32. The number of aryl methyl sites for hydroxylation is 1. The molecule has 166 valence electrons. The molecule has 0 saturated carbocycles. The summed E-state index contributed by atoms with van der Waals surface area (Å²) in [5.74, 6) is 0.0860. The van der Waals surface area contributed by atoms with Crippen LogP contribution in [0.15, 0.2) is 59.5 Å². The second-order valence-corrected chi connectivity index (χ2v) is 9.73. The van der Waals surface area contributed by atoms with Crippen LogP contribution in [0.1, 0.15) is 24.0 Å². The Morgan fingerprint density at radius 3 is 2.41 bits per heavy atom. The number of rotatable bonds is 6. The lowest BCUT2D eigenvalue weighted by atomic mass is 10.1. The van der Waals surface area contributed by atoms with Crippen LogP contribution in [-0.4, -0.2) is 58.7 Å². The molecule has 4 rings (SSSR count). The van der Waals surface area contributed by atoms with E-state index in [1.165, 1.54) is 23.0 Å². The molecule has 2 fully saturated rings. The summed E-state index contributed by atoms with van der Waals surface area (Å²) in [6.45, 7) is 5.66. The minimum Gasteiger partial charge on any atom is -0.368 e. The number of carbonyl (C=O) groups excluding carboxylic acids is 2. The zero-order chi connectivity index (χ0) is 22.5. The van der Waals surface area contributed by atoms with Crippen LogP contribution in [0.4, 0.5) is 5.69 Å². The van der Waals surface area contributed by atoms with E-state index in [9.17, 15) is 9.59 Å². The number of hydrogen-bond acceptors (Lipinski definition) is 5. The van der Waals surface area contributed by atoms with E-state index >= 15 is 0 Å². The molecule has 2 aromatic carbocycles. The van der Waals surface area contributed by atoms with Gasteiger partial charge in [-0.15, -0.1) is 0 Å². The second kappa shape index (κ2) is 10.3. The van der Waals surface area contributed by atoms with Gasteiger partial charge < -0.3 is 9.80 Å². The molecular weight excluding hydrogens is 438 g/mol. The first-order valence-corrected chi connectivity index (χ1v) is 12.1. The van der Waals surface area contributed by atoms with Crippen molar-refractivity contribution in [2.24, 2.45) is 0 Å². The van der Waals surface area contributed by atoms with Crippen molar-refractivity contribution < 1.29 is 9.59 Å². The summed E-state index contributed by atoms with van der Waals surface area (Å²) in [4.78, 5) is 32.0. The summed E-state index contributed by atoms with van der Waals surface area (Å²) < 4.78 is 0.567. The van der Waals surface area contributed by atoms with Gasteiger partial charge in [-0.1, -0.05) is 72.0 Å². The predicted octanol–water partition coefficient (Wildman–Crippen LogP) is 4.33. The van der Waals surface area contributed by atoms with Gasteiger partial charge in [0.25, 0.3) is 5.91 Å². The molecule has 2 aliphatic heterocycles. The molecule has 32 heavy (non-hydrogen) atoms. The van der Waals surface area contributed by atoms with Crippen molar-refractivity contribution in [3.63, 3.8) is 0 Å². The van der Waals surface area contributed by atoms with Crippen molar-refractivity contribution in [1.29, 1.82) is 0 Å². The molecule has 2 heterocycles. The molecule has 5 nitrogen and oxygen atoms in total. The average Bonchev–Trinajstić information content (AvgIpc) is 3.08. The molecule has 0 radical (unpaired) electrons. The highest BCUT2D eigenvalue weighted by atomic mass is 32.2. The summed E-state index contributed by atoms with van der Waals surface area (Å²) in [6, 6.07) is 18.3. The van der Waals surface area contributed by atoms with Crippen LogP contribution < -0.4 is 4.90 Å². The zero-order valence-corrected chi connectivity index (χ0v) is 19.8. The van der Waals surface area contributed by atoms with Crippen LogP contribution in [0.2, 0.25) is 0 Å². The van der Waals surface area contributed by atoms with Gasteiger partial charge in [0.15, 0.2) is 0 Å². The van der Waals surface area contributed by atoms with E-state index in [4.69, 9.17) is 12.2 Å².